The Hall–Kier alpha value is -3.25. The van der Waals surface area contributed by atoms with Gasteiger partial charge in [0.2, 0.25) is 5.91 Å². The van der Waals surface area contributed by atoms with Crippen LogP contribution in [0.4, 0.5) is 5.82 Å². The molecule has 32 heavy (non-hydrogen) atoms. The molecule has 0 atom stereocenters. The average molecular weight is 451 g/mol. The van der Waals surface area contributed by atoms with Crippen LogP contribution >= 0.6 is 11.8 Å². The number of methoxy groups -OCH3 is 1. The van der Waals surface area contributed by atoms with Gasteiger partial charge in [-0.15, -0.1) is 10.2 Å². The Labute approximate surface area is 191 Å². The molecule has 0 saturated heterocycles. The Balaban J connectivity index is 1.56. The van der Waals surface area contributed by atoms with Gasteiger partial charge in [0, 0.05) is 23.8 Å². The van der Waals surface area contributed by atoms with Crippen LogP contribution in [0.2, 0.25) is 0 Å². The summed E-state index contributed by atoms with van der Waals surface area (Å²) in [6.07, 6.45) is 2.31. The van der Waals surface area contributed by atoms with E-state index in [-0.39, 0.29) is 11.7 Å². The third-order valence-corrected chi connectivity index (χ3v) is 6.72. The lowest BCUT2D eigenvalue weighted by Gasteiger charge is -2.14. The Morgan fingerprint density at radius 2 is 2.00 bits per heavy atom. The van der Waals surface area contributed by atoms with E-state index in [0.29, 0.717) is 17.3 Å². The lowest BCUT2D eigenvalue weighted by molar-refractivity contribution is -0.113. The van der Waals surface area contributed by atoms with Crippen molar-refractivity contribution < 1.29 is 9.53 Å². The van der Waals surface area contributed by atoms with Crippen molar-refractivity contribution in [3.8, 4) is 17.5 Å². The summed E-state index contributed by atoms with van der Waals surface area (Å²) in [7, 11) is 1.62. The molecule has 4 rings (SSSR count). The molecule has 166 valence electrons. The number of nitrogens with one attached hydrogen (secondary N) is 1. The van der Waals surface area contributed by atoms with E-state index in [1.807, 2.05) is 42.7 Å². The molecule has 2 heterocycles. The van der Waals surface area contributed by atoms with Crippen LogP contribution in [-0.2, 0) is 11.3 Å². The van der Waals surface area contributed by atoms with Gasteiger partial charge in [0.1, 0.15) is 23.5 Å². The number of nitriles is 1. The number of carbonyl (C=O) groups excluding carboxylic acids is 1. The topological polar surface area (TPSA) is 97.8 Å². The molecule has 0 radical (unpaired) electrons. The van der Waals surface area contributed by atoms with Crippen molar-refractivity contribution in [2.75, 3.05) is 18.2 Å². The van der Waals surface area contributed by atoms with E-state index in [2.05, 4.69) is 33.1 Å². The average Bonchev–Trinajstić information content (AvgIpc) is 3.52. The van der Waals surface area contributed by atoms with Gasteiger partial charge in [-0.3, -0.25) is 9.36 Å². The normalized spacial score (nSPS) is 13.1. The molecule has 1 saturated carbocycles. The minimum Gasteiger partial charge on any atom is -0.497 e. The van der Waals surface area contributed by atoms with Gasteiger partial charge in [-0.05, 0) is 63.4 Å². The smallest absolute Gasteiger partial charge is 0.236 e. The van der Waals surface area contributed by atoms with E-state index in [1.54, 1.807) is 7.11 Å². The maximum atomic E-state index is 12.9. The third-order valence-electron chi connectivity index (χ3n) is 5.75. The zero-order valence-corrected chi connectivity index (χ0v) is 19.5. The molecular formula is C23H26N6O2S. The zero-order valence-electron chi connectivity index (χ0n) is 18.7. The Bertz CT molecular complexity index is 1180. The summed E-state index contributed by atoms with van der Waals surface area (Å²) < 4.78 is 9.23. The Kier molecular flexibility index (Phi) is 6.24. The maximum Gasteiger partial charge on any atom is 0.236 e. The van der Waals surface area contributed by atoms with Gasteiger partial charge in [0.05, 0.1) is 18.4 Å². The molecule has 0 unspecified atom stereocenters. The highest BCUT2D eigenvalue weighted by atomic mass is 32.2. The SMILES string of the molecule is CCn1c(SCC(=O)Nc2c(C#N)c(C)c(C)n2-c2ccc(OC)cc2)nnc1C1CC1. The van der Waals surface area contributed by atoms with Crippen molar-refractivity contribution >= 4 is 23.5 Å². The van der Waals surface area contributed by atoms with Crippen molar-refractivity contribution in [1.82, 2.24) is 19.3 Å². The van der Waals surface area contributed by atoms with Gasteiger partial charge in [0.15, 0.2) is 5.16 Å². The molecular weight excluding hydrogens is 424 g/mol. The van der Waals surface area contributed by atoms with Crippen LogP contribution in [0, 0.1) is 25.2 Å². The number of amides is 1. The fourth-order valence-corrected chi connectivity index (χ4v) is 4.57. The van der Waals surface area contributed by atoms with Gasteiger partial charge < -0.3 is 14.6 Å². The molecule has 3 aromatic rings. The van der Waals surface area contributed by atoms with Crippen LogP contribution in [0.5, 0.6) is 5.75 Å². The Morgan fingerprint density at radius 1 is 1.28 bits per heavy atom. The molecule has 1 fully saturated rings. The monoisotopic (exact) mass is 450 g/mol. The van der Waals surface area contributed by atoms with Gasteiger partial charge in [0.25, 0.3) is 0 Å². The van der Waals surface area contributed by atoms with E-state index in [9.17, 15) is 10.1 Å². The van der Waals surface area contributed by atoms with Crippen LogP contribution < -0.4 is 10.1 Å². The Morgan fingerprint density at radius 3 is 2.59 bits per heavy atom. The number of carbonyl (C=O) groups is 1. The fraction of sp³-hybridized carbons (Fsp3) is 0.391. The number of thioether (sulfide) groups is 1. The summed E-state index contributed by atoms with van der Waals surface area (Å²) >= 11 is 1.36. The summed E-state index contributed by atoms with van der Waals surface area (Å²) in [5.74, 6) is 2.72. The minimum absolute atomic E-state index is 0.180. The molecule has 9 heteroatoms. The number of anilines is 1. The quantitative estimate of drug-likeness (QED) is 0.517. The van der Waals surface area contributed by atoms with E-state index in [0.717, 1.165) is 53.1 Å². The number of rotatable bonds is 8. The van der Waals surface area contributed by atoms with Crippen LogP contribution in [0.1, 0.15) is 48.3 Å². The number of hydrogen-bond donors (Lipinski definition) is 1. The molecule has 0 spiro atoms. The number of hydrogen-bond acceptors (Lipinski definition) is 6. The lowest BCUT2D eigenvalue weighted by atomic mass is 10.2. The fourth-order valence-electron chi connectivity index (χ4n) is 3.76. The molecule has 1 amide bonds. The summed E-state index contributed by atoms with van der Waals surface area (Å²) in [6.45, 7) is 6.67. The predicted octanol–water partition coefficient (Wildman–Crippen LogP) is 4.19. The van der Waals surface area contributed by atoms with Gasteiger partial charge >= 0.3 is 0 Å². The molecule has 0 bridgehead atoms. The second kappa shape index (κ2) is 9.09. The molecule has 1 aromatic carbocycles. The van der Waals surface area contributed by atoms with Gasteiger partial charge in [-0.25, -0.2) is 0 Å². The summed E-state index contributed by atoms with van der Waals surface area (Å²) in [4.78, 5) is 12.9. The molecule has 0 aliphatic heterocycles. The second-order valence-corrected chi connectivity index (χ2v) is 8.72. The standard InChI is InChI=1S/C23H26N6O2S/c1-5-28-21(16-6-7-16)26-27-23(28)32-13-20(30)25-22-19(12-24)14(2)15(3)29(22)17-8-10-18(31-4)11-9-17/h8-11,16H,5-7,13H2,1-4H3,(H,25,30). The first-order valence-corrected chi connectivity index (χ1v) is 11.6. The molecule has 8 nitrogen and oxygen atoms in total. The van der Waals surface area contributed by atoms with Crippen molar-refractivity contribution in [1.29, 1.82) is 5.26 Å². The lowest BCUT2D eigenvalue weighted by Crippen LogP contribution is -2.18. The molecule has 1 N–H and O–H groups in total. The number of nitrogens with zero attached hydrogens (tertiary/aromatic N) is 5. The second-order valence-electron chi connectivity index (χ2n) is 7.78. The predicted molar refractivity (Wildman–Crippen MR) is 124 cm³/mol. The van der Waals surface area contributed by atoms with Gasteiger partial charge in [-0.2, -0.15) is 5.26 Å². The van der Waals surface area contributed by atoms with E-state index >= 15 is 0 Å². The van der Waals surface area contributed by atoms with Crippen LogP contribution in [0.3, 0.4) is 0 Å². The van der Waals surface area contributed by atoms with Gasteiger partial charge in [-0.1, -0.05) is 11.8 Å². The summed E-state index contributed by atoms with van der Waals surface area (Å²) in [6, 6.07) is 9.76. The number of benzene rings is 1. The van der Waals surface area contributed by atoms with E-state index in [4.69, 9.17) is 4.74 Å². The van der Waals surface area contributed by atoms with E-state index in [1.165, 1.54) is 11.8 Å². The third kappa shape index (κ3) is 4.10. The molecule has 2 aromatic heterocycles. The van der Waals surface area contributed by atoms with Crippen LogP contribution in [0.15, 0.2) is 29.4 Å². The van der Waals surface area contributed by atoms with E-state index < -0.39 is 0 Å². The molecule has 1 aliphatic carbocycles. The highest BCUT2D eigenvalue weighted by molar-refractivity contribution is 7.99. The highest BCUT2D eigenvalue weighted by Crippen LogP contribution is 2.40. The van der Waals surface area contributed by atoms with Crippen molar-refractivity contribution in [3.05, 3.63) is 46.9 Å². The first-order valence-electron chi connectivity index (χ1n) is 10.6. The van der Waals surface area contributed by atoms with Crippen molar-refractivity contribution in [2.24, 2.45) is 0 Å². The van der Waals surface area contributed by atoms with Crippen LogP contribution in [-0.4, -0.2) is 38.1 Å². The van der Waals surface area contributed by atoms with Crippen LogP contribution in [0.25, 0.3) is 5.69 Å². The highest BCUT2D eigenvalue weighted by Gasteiger charge is 2.30. The first kappa shape index (κ1) is 22.0. The maximum absolute atomic E-state index is 12.9. The van der Waals surface area contributed by atoms with Crippen molar-refractivity contribution in [2.45, 2.75) is 51.2 Å². The zero-order chi connectivity index (χ0) is 22.8. The molecule has 1 aliphatic rings. The largest absolute Gasteiger partial charge is 0.497 e. The number of ether oxygens (including phenoxy) is 1. The number of aromatic nitrogens is 4. The summed E-state index contributed by atoms with van der Waals surface area (Å²) in [5, 5.41) is 22.1. The first-order chi connectivity index (χ1) is 15.5. The minimum atomic E-state index is -0.197. The summed E-state index contributed by atoms with van der Waals surface area (Å²) in [5.41, 5.74) is 3.04. The van der Waals surface area contributed by atoms with Crippen molar-refractivity contribution in [3.63, 3.8) is 0 Å².